The molecule has 0 aromatic carbocycles. The van der Waals surface area contributed by atoms with Crippen LogP contribution < -0.4 is 0 Å². The molecule has 6 aliphatic carbocycles. The molecule has 0 radical (unpaired) electrons. The Hall–Kier alpha value is -1.18. The second-order valence-electron chi connectivity index (χ2n) is 12.5. The van der Waals surface area contributed by atoms with Crippen LogP contribution >= 0.6 is 0 Å². The third-order valence-corrected chi connectivity index (χ3v) is 11.3. The largest absolute Gasteiger partial charge is 0.462 e. The van der Waals surface area contributed by atoms with Crippen molar-refractivity contribution in [3.8, 4) is 0 Å². The van der Waals surface area contributed by atoms with Crippen molar-refractivity contribution in [1.29, 1.82) is 0 Å². The lowest BCUT2D eigenvalue weighted by atomic mass is 9.39. The highest BCUT2D eigenvalue weighted by atomic mass is 16.6. The molecule has 6 saturated carbocycles. The molecule has 2 aliphatic heterocycles. The van der Waals surface area contributed by atoms with Crippen molar-refractivity contribution < 1.29 is 28.9 Å². The van der Waals surface area contributed by atoms with Crippen molar-refractivity contribution in [2.75, 3.05) is 20.2 Å². The van der Waals surface area contributed by atoms with Gasteiger partial charge in [-0.25, -0.2) is 0 Å². The molecule has 32 heavy (non-hydrogen) atoms. The van der Waals surface area contributed by atoms with Crippen molar-refractivity contribution >= 4 is 11.9 Å². The summed E-state index contributed by atoms with van der Waals surface area (Å²) in [6, 6.07) is 0.349. The number of nitrogens with zero attached hydrogens (tertiary/aromatic N) is 1. The minimum Gasteiger partial charge on any atom is -0.462 e. The van der Waals surface area contributed by atoms with Crippen LogP contribution in [0, 0.1) is 46.3 Å². The van der Waals surface area contributed by atoms with Crippen LogP contribution in [0.1, 0.15) is 46.5 Å². The van der Waals surface area contributed by atoms with Gasteiger partial charge in [-0.05, 0) is 67.7 Å². The van der Waals surface area contributed by atoms with E-state index in [4.69, 9.17) is 14.2 Å². The Morgan fingerprint density at radius 1 is 1.09 bits per heavy atom. The number of fused-ring (bicyclic) bond motifs is 1. The van der Waals surface area contributed by atoms with Gasteiger partial charge in [0.25, 0.3) is 0 Å². The maximum atomic E-state index is 12.3. The molecule has 8 rings (SSSR count). The van der Waals surface area contributed by atoms with E-state index in [0.717, 1.165) is 32.2 Å². The van der Waals surface area contributed by atoms with Crippen molar-refractivity contribution in [3.63, 3.8) is 0 Å². The predicted octanol–water partition coefficient (Wildman–Crippen LogP) is 1.61. The van der Waals surface area contributed by atoms with E-state index in [1.54, 1.807) is 0 Å². The van der Waals surface area contributed by atoms with E-state index in [1.165, 1.54) is 13.8 Å². The second-order valence-corrected chi connectivity index (χ2v) is 12.5. The Labute approximate surface area is 189 Å². The molecule has 2 spiro atoms. The fourth-order valence-corrected chi connectivity index (χ4v) is 11.1. The van der Waals surface area contributed by atoms with Crippen molar-refractivity contribution in [2.45, 2.75) is 76.4 Å². The molecule has 1 N–H and O–H groups in total. The molecule has 7 bridgehead atoms. The number of carbonyl (C=O) groups excluding carboxylic acids is 2. The molecule has 2 heterocycles. The summed E-state index contributed by atoms with van der Waals surface area (Å²) in [5.41, 5.74) is -0.543. The number of carbonyl (C=O) groups is 2. The molecule has 7 heteroatoms. The minimum atomic E-state index is -0.592. The number of hydrogen-bond donors (Lipinski definition) is 1. The van der Waals surface area contributed by atoms with Gasteiger partial charge in [-0.15, -0.1) is 0 Å². The summed E-state index contributed by atoms with van der Waals surface area (Å²) in [4.78, 5) is 26.9. The van der Waals surface area contributed by atoms with Gasteiger partial charge in [0, 0.05) is 37.8 Å². The molecular formula is C25H35NO6. The topological polar surface area (TPSA) is 88.6 Å². The van der Waals surface area contributed by atoms with Gasteiger partial charge in [0.05, 0.1) is 12.7 Å². The number of hydrogen-bond acceptors (Lipinski definition) is 7. The molecule has 0 aromatic heterocycles. The summed E-state index contributed by atoms with van der Waals surface area (Å²) < 4.78 is 18.2. The van der Waals surface area contributed by atoms with E-state index in [2.05, 4.69) is 18.9 Å². The number of piperidine rings is 1. The summed E-state index contributed by atoms with van der Waals surface area (Å²) in [5, 5.41) is 11.4. The van der Waals surface area contributed by atoms with Crippen LogP contribution in [0.4, 0.5) is 0 Å². The molecule has 8 aliphatic rings. The molecule has 13 atom stereocenters. The standard InChI is InChI=1S/C25H35NO6/c1-11(27)31-15-7-14-18-13-8-16-23(3)6-5-17(32-12(2)28)25(16,21(13)26(4)9-23)20(18)19(15)24(10-30-24)22(14)29/h13-22,29H,5-10H2,1-4H3/t13?,14-,15-,16+,17-,18?,19-,20-,21?,22-,23-,24-,25+/m0/s1. The first kappa shape index (κ1) is 20.2. The van der Waals surface area contributed by atoms with Crippen LogP contribution in [0.5, 0.6) is 0 Å². The molecule has 7 nitrogen and oxygen atoms in total. The van der Waals surface area contributed by atoms with Gasteiger partial charge in [0.1, 0.15) is 17.8 Å². The van der Waals surface area contributed by atoms with Crippen LogP contribution in [-0.4, -0.2) is 72.1 Å². The first-order valence-electron chi connectivity index (χ1n) is 12.5. The average molecular weight is 446 g/mol. The molecule has 0 aromatic rings. The highest BCUT2D eigenvalue weighted by Crippen LogP contribution is 2.82. The SMILES string of the molecule is CC(=O)O[C@H]1C[C@H]2C3C4C[C@@H]5[C@@]6(C)CC[C@H](OC(C)=O)[C@@]5(C4N(C)C6)[C@@H]3[C@H]1[C@@]1(CO1)[C@H]2O. The molecule has 2 saturated heterocycles. The van der Waals surface area contributed by atoms with Gasteiger partial charge in [-0.3, -0.25) is 9.59 Å². The first-order valence-corrected chi connectivity index (χ1v) is 12.5. The van der Waals surface area contributed by atoms with Gasteiger partial charge < -0.3 is 24.2 Å². The lowest BCUT2D eigenvalue weighted by Crippen LogP contribution is -2.73. The van der Waals surface area contributed by atoms with Gasteiger partial charge in [0.15, 0.2) is 0 Å². The highest BCUT2D eigenvalue weighted by Gasteiger charge is 2.86. The second kappa shape index (κ2) is 5.89. The highest BCUT2D eigenvalue weighted by molar-refractivity contribution is 5.67. The van der Waals surface area contributed by atoms with Gasteiger partial charge >= 0.3 is 11.9 Å². The number of aliphatic hydroxyl groups excluding tert-OH is 1. The smallest absolute Gasteiger partial charge is 0.302 e. The number of ether oxygens (including phenoxy) is 3. The van der Waals surface area contributed by atoms with Crippen molar-refractivity contribution in [2.24, 2.45) is 46.3 Å². The molecule has 8 fully saturated rings. The molecule has 0 amide bonds. The fourth-order valence-electron chi connectivity index (χ4n) is 11.1. The number of esters is 2. The third-order valence-electron chi connectivity index (χ3n) is 11.3. The van der Waals surface area contributed by atoms with Gasteiger partial charge in [-0.1, -0.05) is 6.92 Å². The average Bonchev–Trinajstić information content (AvgIpc) is 3.33. The van der Waals surface area contributed by atoms with Gasteiger partial charge in [0.2, 0.25) is 0 Å². The summed E-state index contributed by atoms with van der Waals surface area (Å²) in [6.45, 7) is 7.08. The van der Waals surface area contributed by atoms with Crippen molar-refractivity contribution in [3.05, 3.63) is 0 Å². The quantitative estimate of drug-likeness (QED) is 0.510. The van der Waals surface area contributed by atoms with Gasteiger partial charge in [-0.2, -0.15) is 0 Å². The van der Waals surface area contributed by atoms with E-state index >= 15 is 0 Å². The van der Waals surface area contributed by atoms with Crippen LogP contribution in [-0.2, 0) is 23.8 Å². The third kappa shape index (κ3) is 2.03. The van der Waals surface area contributed by atoms with E-state index in [1.807, 2.05) is 0 Å². The summed E-state index contributed by atoms with van der Waals surface area (Å²) in [7, 11) is 2.25. The van der Waals surface area contributed by atoms with E-state index in [0.29, 0.717) is 30.4 Å². The zero-order chi connectivity index (χ0) is 22.4. The number of rotatable bonds is 2. The Bertz CT molecular complexity index is 903. The Balaban J connectivity index is 1.43. The normalized spacial score (nSPS) is 60.9. The fraction of sp³-hybridized carbons (Fsp3) is 0.920. The Morgan fingerprint density at radius 3 is 2.47 bits per heavy atom. The molecule has 3 unspecified atom stereocenters. The Kier molecular flexibility index (Phi) is 3.72. The lowest BCUT2D eigenvalue weighted by molar-refractivity contribution is -0.266. The van der Waals surface area contributed by atoms with Crippen LogP contribution in [0.15, 0.2) is 0 Å². The van der Waals surface area contributed by atoms with E-state index < -0.39 is 11.7 Å². The van der Waals surface area contributed by atoms with Crippen LogP contribution in [0.25, 0.3) is 0 Å². The Morgan fingerprint density at radius 2 is 1.81 bits per heavy atom. The maximum absolute atomic E-state index is 12.3. The lowest BCUT2D eigenvalue weighted by Gasteiger charge is -2.68. The van der Waals surface area contributed by atoms with Crippen LogP contribution in [0.3, 0.4) is 0 Å². The summed E-state index contributed by atoms with van der Waals surface area (Å²) in [5.74, 6) is 1.19. The predicted molar refractivity (Wildman–Crippen MR) is 112 cm³/mol. The molecular weight excluding hydrogens is 410 g/mol. The monoisotopic (exact) mass is 445 g/mol. The van der Waals surface area contributed by atoms with E-state index in [-0.39, 0.29) is 52.7 Å². The number of likely N-dealkylation sites (tertiary alicyclic amines) is 1. The van der Waals surface area contributed by atoms with Crippen LogP contribution in [0.2, 0.25) is 0 Å². The molecule has 176 valence electrons. The number of aliphatic hydroxyl groups is 1. The van der Waals surface area contributed by atoms with Crippen molar-refractivity contribution in [1.82, 2.24) is 4.90 Å². The first-order chi connectivity index (χ1) is 15.1. The van der Waals surface area contributed by atoms with E-state index in [9.17, 15) is 14.7 Å². The zero-order valence-corrected chi connectivity index (χ0v) is 19.5. The minimum absolute atomic E-state index is 0.0291. The maximum Gasteiger partial charge on any atom is 0.302 e. The zero-order valence-electron chi connectivity index (χ0n) is 19.5. The number of epoxide rings is 1. The summed E-state index contributed by atoms with van der Waals surface area (Å²) >= 11 is 0. The summed E-state index contributed by atoms with van der Waals surface area (Å²) in [6.07, 6.45) is 3.02.